The molecule has 0 aliphatic carbocycles. The summed E-state index contributed by atoms with van der Waals surface area (Å²) in [6, 6.07) is 17.7. The van der Waals surface area contributed by atoms with Crippen molar-refractivity contribution in [1.29, 1.82) is 0 Å². The van der Waals surface area contributed by atoms with Crippen molar-refractivity contribution in [3.63, 3.8) is 0 Å². The third-order valence-electron chi connectivity index (χ3n) is 4.87. The molecule has 2 aromatic heterocycles. The van der Waals surface area contributed by atoms with Crippen molar-refractivity contribution < 1.29 is 9.18 Å². The molecule has 2 heterocycles. The number of carbonyl (C=O) groups is 1. The van der Waals surface area contributed by atoms with Crippen LogP contribution in [0, 0.1) is 12.7 Å². The zero-order chi connectivity index (χ0) is 21.1. The summed E-state index contributed by atoms with van der Waals surface area (Å²) in [6.45, 7) is 3.59. The van der Waals surface area contributed by atoms with Gasteiger partial charge in [0.1, 0.15) is 11.5 Å². The van der Waals surface area contributed by atoms with Crippen molar-refractivity contribution in [2.45, 2.75) is 19.9 Å². The minimum atomic E-state index is -0.344. The summed E-state index contributed by atoms with van der Waals surface area (Å²) in [7, 11) is 0. The van der Waals surface area contributed by atoms with E-state index in [-0.39, 0.29) is 23.5 Å². The number of aryl methyl sites for hydroxylation is 1. The lowest BCUT2D eigenvalue weighted by Gasteiger charge is -2.14. The first-order valence-corrected chi connectivity index (χ1v) is 9.53. The van der Waals surface area contributed by atoms with Gasteiger partial charge in [-0.15, -0.1) is 5.10 Å². The van der Waals surface area contributed by atoms with E-state index in [2.05, 4.69) is 20.6 Å². The van der Waals surface area contributed by atoms with Gasteiger partial charge in [-0.05, 0) is 55.3 Å². The SMILES string of the molecule is Cc1cc(-n2nnc(C(=O)N[C@H](C)c3ccccc3)c2-c2ccncc2)ccc1F. The molecular formula is C23H20FN5O. The van der Waals surface area contributed by atoms with Crippen LogP contribution in [0.15, 0.2) is 73.1 Å². The molecule has 0 aliphatic heterocycles. The van der Waals surface area contributed by atoms with Crippen LogP contribution in [0.1, 0.15) is 34.6 Å². The predicted molar refractivity (Wildman–Crippen MR) is 112 cm³/mol. The number of hydrogen-bond donors (Lipinski definition) is 1. The quantitative estimate of drug-likeness (QED) is 0.542. The molecule has 0 bridgehead atoms. The molecule has 4 rings (SSSR count). The van der Waals surface area contributed by atoms with E-state index < -0.39 is 0 Å². The normalized spacial score (nSPS) is 11.8. The maximum Gasteiger partial charge on any atom is 0.274 e. The number of halogens is 1. The average molecular weight is 401 g/mol. The molecule has 0 radical (unpaired) electrons. The molecule has 4 aromatic rings. The number of nitrogens with zero attached hydrogens (tertiary/aromatic N) is 4. The fourth-order valence-corrected chi connectivity index (χ4v) is 3.23. The average Bonchev–Trinajstić information content (AvgIpc) is 3.22. The maximum absolute atomic E-state index is 13.8. The van der Waals surface area contributed by atoms with E-state index in [4.69, 9.17) is 0 Å². The van der Waals surface area contributed by atoms with E-state index in [0.717, 1.165) is 11.1 Å². The summed E-state index contributed by atoms with van der Waals surface area (Å²) < 4.78 is 15.3. The molecule has 1 amide bonds. The minimum Gasteiger partial charge on any atom is -0.344 e. The zero-order valence-corrected chi connectivity index (χ0v) is 16.6. The van der Waals surface area contributed by atoms with Gasteiger partial charge in [0.15, 0.2) is 5.69 Å². The number of benzene rings is 2. The summed E-state index contributed by atoms with van der Waals surface area (Å²) in [6.07, 6.45) is 3.27. The van der Waals surface area contributed by atoms with E-state index >= 15 is 0 Å². The van der Waals surface area contributed by atoms with E-state index in [1.165, 1.54) is 6.07 Å². The highest BCUT2D eigenvalue weighted by atomic mass is 19.1. The van der Waals surface area contributed by atoms with Gasteiger partial charge in [-0.1, -0.05) is 35.5 Å². The highest BCUT2D eigenvalue weighted by Gasteiger charge is 2.23. The van der Waals surface area contributed by atoms with Gasteiger partial charge in [0.05, 0.1) is 11.7 Å². The molecule has 0 fully saturated rings. The molecule has 6 nitrogen and oxygen atoms in total. The first-order chi connectivity index (χ1) is 14.5. The van der Waals surface area contributed by atoms with Crippen LogP contribution in [0.2, 0.25) is 0 Å². The topological polar surface area (TPSA) is 72.7 Å². The Kier molecular flexibility index (Phi) is 5.34. The monoisotopic (exact) mass is 401 g/mol. The zero-order valence-electron chi connectivity index (χ0n) is 16.6. The van der Waals surface area contributed by atoms with Gasteiger partial charge < -0.3 is 5.32 Å². The van der Waals surface area contributed by atoms with Crippen LogP contribution in [-0.2, 0) is 0 Å². The van der Waals surface area contributed by atoms with E-state index in [1.54, 1.807) is 48.3 Å². The Labute approximate surface area is 173 Å². The number of rotatable bonds is 5. The van der Waals surface area contributed by atoms with Gasteiger partial charge in [0.25, 0.3) is 5.91 Å². The molecule has 0 saturated carbocycles. The molecule has 1 N–H and O–H groups in total. The maximum atomic E-state index is 13.8. The fraction of sp³-hybridized carbons (Fsp3) is 0.130. The lowest BCUT2D eigenvalue weighted by Crippen LogP contribution is -2.27. The third-order valence-corrected chi connectivity index (χ3v) is 4.87. The summed E-state index contributed by atoms with van der Waals surface area (Å²) in [5.41, 5.74) is 3.51. The van der Waals surface area contributed by atoms with Crippen molar-refractivity contribution in [3.8, 4) is 16.9 Å². The molecule has 150 valence electrons. The lowest BCUT2D eigenvalue weighted by molar-refractivity contribution is 0.0935. The molecule has 7 heteroatoms. The van der Waals surface area contributed by atoms with Gasteiger partial charge in [0.2, 0.25) is 0 Å². The summed E-state index contributed by atoms with van der Waals surface area (Å²) in [5.74, 6) is -0.651. The second-order valence-electron chi connectivity index (χ2n) is 6.97. The largest absolute Gasteiger partial charge is 0.344 e. The number of pyridine rings is 1. The van der Waals surface area contributed by atoms with Crippen LogP contribution in [-0.4, -0.2) is 25.9 Å². The first kappa shape index (κ1) is 19.4. The van der Waals surface area contributed by atoms with Crippen LogP contribution in [0.5, 0.6) is 0 Å². The molecule has 0 saturated heterocycles. The predicted octanol–water partition coefficient (Wildman–Crippen LogP) is 4.27. The van der Waals surface area contributed by atoms with E-state index in [0.29, 0.717) is 16.9 Å². The number of hydrogen-bond acceptors (Lipinski definition) is 4. The lowest BCUT2D eigenvalue weighted by atomic mass is 10.1. The van der Waals surface area contributed by atoms with Crippen molar-refractivity contribution in [2.24, 2.45) is 0 Å². The number of nitrogens with one attached hydrogen (secondary N) is 1. The molecular weight excluding hydrogens is 381 g/mol. The van der Waals surface area contributed by atoms with Crippen molar-refractivity contribution in [2.75, 3.05) is 0 Å². The second-order valence-corrected chi connectivity index (χ2v) is 6.97. The van der Waals surface area contributed by atoms with Gasteiger partial charge >= 0.3 is 0 Å². The van der Waals surface area contributed by atoms with Crippen LogP contribution in [0.25, 0.3) is 16.9 Å². The Morgan fingerprint density at radius 1 is 1.07 bits per heavy atom. The van der Waals surface area contributed by atoms with Gasteiger partial charge in [-0.2, -0.15) is 0 Å². The molecule has 2 aromatic carbocycles. The van der Waals surface area contributed by atoms with Crippen molar-refractivity contribution in [3.05, 3.63) is 95.7 Å². The standard InChI is InChI=1S/C23H20FN5O/c1-15-14-19(8-9-20(15)24)29-22(18-10-12-25-13-11-18)21(27-28-29)23(30)26-16(2)17-6-4-3-5-7-17/h3-14,16H,1-2H3,(H,26,30)/t16-/m1/s1. The minimum absolute atomic E-state index is 0.186. The second kappa shape index (κ2) is 8.24. The van der Waals surface area contributed by atoms with Gasteiger partial charge in [-0.3, -0.25) is 9.78 Å². The van der Waals surface area contributed by atoms with Crippen LogP contribution < -0.4 is 5.32 Å². The summed E-state index contributed by atoms with van der Waals surface area (Å²) in [5, 5.41) is 11.3. The molecule has 30 heavy (non-hydrogen) atoms. The Hall–Kier alpha value is -3.87. The fourth-order valence-electron chi connectivity index (χ4n) is 3.23. The summed E-state index contributed by atoms with van der Waals surface area (Å²) >= 11 is 0. The van der Waals surface area contributed by atoms with Crippen molar-refractivity contribution in [1.82, 2.24) is 25.3 Å². The molecule has 0 unspecified atom stereocenters. The highest BCUT2D eigenvalue weighted by molar-refractivity contribution is 5.98. The highest BCUT2D eigenvalue weighted by Crippen LogP contribution is 2.26. The van der Waals surface area contributed by atoms with Crippen LogP contribution in [0.3, 0.4) is 0 Å². The van der Waals surface area contributed by atoms with Gasteiger partial charge in [-0.25, -0.2) is 9.07 Å². The molecule has 0 aliphatic rings. The van der Waals surface area contributed by atoms with Crippen molar-refractivity contribution >= 4 is 5.91 Å². The van der Waals surface area contributed by atoms with E-state index in [1.807, 2.05) is 37.3 Å². The molecule has 1 atom stereocenters. The number of aromatic nitrogens is 4. The Morgan fingerprint density at radius 2 is 1.80 bits per heavy atom. The number of carbonyl (C=O) groups excluding carboxylic acids is 1. The molecule has 0 spiro atoms. The summed E-state index contributed by atoms with van der Waals surface area (Å²) in [4.78, 5) is 17.1. The van der Waals surface area contributed by atoms with E-state index in [9.17, 15) is 9.18 Å². The third kappa shape index (κ3) is 3.82. The Morgan fingerprint density at radius 3 is 2.50 bits per heavy atom. The Balaban J connectivity index is 1.75. The number of amides is 1. The van der Waals surface area contributed by atoms with Crippen LogP contribution in [0.4, 0.5) is 4.39 Å². The Bertz CT molecular complexity index is 1170. The first-order valence-electron chi connectivity index (χ1n) is 9.53. The van der Waals surface area contributed by atoms with Crippen LogP contribution >= 0.6 is 0 Å². The van der Waals surface area contributed by atoms with Gasteiger partial charge in [0, 0.05) is 18.0 Å². The smallest absolute Gasteiger partial charge is 0.274 e.